The molecule has 1 fully saturated rings. The van der Waals surface area contributed by atoms with Gasteiger partial charge in [0.1, 0.15) is 5.78 Å². The summed E-state index contributed by atoms with van der Waals surface area (Å²) >= 11 is 0. The first kappa shape index (κ1) is 10.7. The molecule has 2 unspecified atom stereocenters. The first-order valence-electron chi connectivity index (χ1n) is 4.81. The number of hydrogen-bond donors (Lipinski definition) is 0. The molecular formula is C10H18O3. The minimum atomic E-state index is -0.0359. The lowest BCUT2D eigenvalue weighted by Crippen LogP contribution is -2.40. The smallest absolute Gasteiger partial charge is 0.137 e. The van der Waals surface area contributed by atoms with E-state index < -0.39 is 0 Å². The minimum Gasteiger partial charge on any atom is -0.378 e. The molecular weight excluding hydrogens is 168 g/mol. The number of Topliss-reactive ketones (excluding diaryl/α,β-unsaturated/α-hetero) is 1. The summed E-state index contributed by atoms with van der Waals surface area (Å²) in [5.74, 6) is 0.680. The Morgan fingerprint density at radius 1 is 1.54 bits per heavy atom. The van der Waals surface area contributed by atoms with Crippen LogP contribution in [-0.4, -0.2) is 31.7 Å². The van der Waals surface area contributed by atoms with Crippen LogP contribution in [0.25, 0.3) is 0 Å². The fraction of sp³-hybridized carbons (Fsp3) is 0.900. The normalized spacial score (nSPS) is 26.5. The van der Waals surface area contributed by atoms with Gasteiger partial charge in [0.2, 0.25) is 0 Å². The van der Waals surface area contributed by atoms with Crippen LogP contribution in [0.5, 0.6) is 0 Å². The van der Waals surface area contributed by atoms with Crippen molar-refractivity contribution in [2.75, 3.05) is 13.7 Å². The Balaban J connectivity index is 2.52. The lowest BCUT2D eigenvalue weighted by molar-refractivity contribution is -0.139. The summed E-state index contributed by atoms with van der Waals surface area (Å²) in [6.07, 6.45) is 1.08. The largest absolute Gasteiger partial charge is 0.378 e. The van der Waals surface area contributed by atoms with Gasteiger partial charge in [0.25, 0.3) is 0 Å². The molecule has 2 atom stereocenters. The average Bonchev–Trinajstić information content (AvgIpc) is 2.04. The van der Waals surface area contributed by atoms with Crippen molar-refractivity contribution in [2.24, 2.45) is 5.92 Å². The van der Waals surface area contributed by atoms with Gasteiger partial charge in [-0.15, -0.1) is 0 Å². The molecule has 0 aromatic heterocycles. The highest BCUT2D eigenvalue weighted by molar-refractivity contribution is 5.79. The van der Waals surface area contributed by atoms with Gasteiger partial charge in [-0.05, 0) is 5.92 Å². The number of ketones is 1. The summed E-state index contributed by atoms with van der Waals surface area (Å²) < 4.78 is 10.8. The van der Waals surface area contributed by atoms with Crippen molar-refractivity contribution in [3.63, 3.8) is 0 Å². The van der Waals surface area contributed by atoms with Crippen LogP contribution in [0.3, 0.4) is 0 Å². The monoisotopic (exact) mass is 186 g/mol. The first-order chi connectivity index (χ1) is 6.15. The zero-order valence-electron chi connectivity index (χ0n) is 8.58. The van der Waals surface area contributed by atoms with E-state index >= 15 is 0 Å². The van der Waals surface area contributed by atoms with E-state index in [4.69, 9.17) is 9.47 Å². The van der Waals surface area contributed by atoms with Gasteiger partial charge in [-0.2, -0.15) is 0 Å². The number of hydrogen-bond acceptors (Lipinski definition) is 3. The summed E-state index contributed by atoms with van der Waals surface area (Å²) in [5, 5.41) is 0. The second kappa shape index (κ2) is 4.72. The van der Waals surface area contributed by atoms with Gasteiger partial charge < -0.3 is 9.47 Å². The molecule has 0 saturated carbocycles. The van der Waals surface area contributed by atoms with E-state index in [0.29, 0.717) is 31.1 Å². The van der Waals surface area contributed by atoms with Crippen LogP contribution < -0.4 is 0 Å². The van der Waals surface area contributed by atoms with Crippen LogP contribution in [0.2, 0.25) is 0 Å². The number of methoxy groups -OCH3 is 1. The van der Waals surface area contributed by atoms with Gasteiger partial charge in [-0.1, -0.05) is 13.8 Å². The fourth-order valence-corrected chi connectivity index (χ4v) is 1.77. The second-order valence-electron chi connectivity index (χ2n) is 3.85. The topological polar surface area (TPSA) is 35.5 Å². The zero-order chi connectivity index (χ0) is 9.84. The Morgan fingerprint density at radius 2 is 2.23 bits per heavy atom. The molecule has 1 aliphatic rings. The molecule has 1 aliphatic heterocycles. The van der Waals surface area contributed by atoms with Crippen LogP contribution in [0, 0.1) is 5.92 Å². The molecule has 0 aromatic rings. The maximum atomic E-state index is 11.2. The number of carbonyl (C=O) groups is 1. The third-order valence-electron chi connectivity index (χ3n) is 2.44. The maximum Gasteiger partial charge on any atom is 0.137 e. The van der Waals surface area contributed by atoms with Crippen LogP contribution in [-0.2, 0) is 14.3 Å². The molecule has 3 nitrogen and oxygen atoms in total. The Bertz CT molecular complexity index is 177. The van der Waals surface area contributed by atoms with Crippen molar-refractivity contribution in [1.82, 2.24) is 0 Å². The van der Waals surface area contributed by atoms with Crippen molar-refractivity contribution >= 4 is 5.78 Å². The van der Waals surface area contributed by atoms with Crippen molar-refractivity contribution < 1.29 is 14.3 Å². The van der Waals surface area contributed by atoms with Crippen molar-refractivity contribution in [2.45, 2.75) is 38.9 Å². The van der Waals surface area contributed by atoms with Crippen molar-refractivity contribution in [1.29, 1.82) is 0 Å². The van der Waals surface area contributed by atoms with E-state index in [0.717, 1.165) is 0 Å². The molecule has 0 aromatic carbocycles. The predicted octanol–water partition coefficient (Wildman–Crippen LogP) is 1.41. The molecule has 1 heterocycles. The molecule has 0 aliphatic carbocycles. The molecule has 0 spiro atoms. The average molecular weight is 186 g/mol. The van der Waals surface area contributed by atoms with Gasteiger partial charge in [-0.25, -0.2) is 0 Å². The minimum absolute atomic E-state index is 0.0359. The highest BCUT2D eigenvalue weighted by Gasteiger charge is 2.30. The van der Waals surface area contributed by atoms with E-state index in [2.05, 4.69) is 13.8 Å². The Kier molecular flexibility index (Phi) is 3.88. The highest BCUT2D eigenvalue weighted by Crippen LogP contribution is 2.20. The quantitative estimate of drug-likeness (QED) is 0.668. The first-order valence-corrected chi connectivity index (χ1v) is 4.81. The van der Waals surface area contributed by atoms with Gasteiger partial charge in [-0.3, -0.25) is 4.79 Å². The summed E-state index contributed by atoms with van der Waals surface area (Å²) in [6, 6.07) is 0. The maximum absolute atomic E-state index is 11.2. The molecule has 3 heteroatoms. The van der Waals surface area contributed by atoms with Crippen LogP contribution in [0.1, 0.15) is 26.7 Å². The molecule has 1 rings (SSSR count). The van der Waals surface area contributed by atoms with Gasteiger partial charge >= 0.3 is 0 Å². The summed E-state index contributed by atoms with van der Waals surface area (Å²) in [7, 11) is 1.67. The van der Waals surface area contributed by atoms with Crippen molar-refractivity contribution in [3.8, 4) is 0 Å². The predicted molar refractivity (Wildman–Crippen MR) is 49.6 cm³/mol. The molecule has 13 heavy (non-hydrogen) atoms. The molecule has 1 saturated heterocycles. The molecule has 0 radical (unpaired) electrons. The number of rotatable bonds is 3. The van der Waals surface area contributed by atoms with E-state index in [-0.39, 0.29) is 12.2 Å². The summed E-state index contributed by atoms with van der Waals surface area (Å²) in [4.78, 5) is 11.2. The summed E-state index contributed by atoms with van der Waals surface area (Å²) in [5.41, 5.74) is 0. The van der Waals surface area contributed by atoms with Crippen LogP contribution in [0.15, 0.2) is 0 Å². The third-order valence-corrected chi connectivity index (χ3v) is 2.44. The standard InChI is InChI=1S/C10H18O3/c1-7(2)10(12-3)9-6-8(11)4-5-13-9/h7,9-10H,4-6H2,1-3H3. The van der Waals surface area contributed by atoms with Crippen LogP contribution >= 0.6 is 0 Å². The van der Waals surface area contributed by atoms with E-state index in [1.54, 1.807) is 7.11 Å². The molecule has 0 N–H and O–H groups in total. The summed E-state index contributed by atoms with van der Waals surface area (Å²) in [6.45, 7) is 4.71. The lowest BCUT2D eigenvalue weighted by Gasteiger charge is -2.31. The number of carbonyl (C=O) groups excluding carboxylic acids is 1. The number of ether oxygens (including phenoxy) is 2. The Hall–Kier alpha value is -0.410. The second-order valence-corrected chi connectivity index (χ2v) is 3.85. The van der Waals surface area contributed by atoms with Crippen molar-refractivity contribution in [3.05, 3.63) is 0 Å². The van der Waals surface area contributed by atoms with Gasteiger partial charge in [0.15, 0.2) is 0 Å². The van der Waals surface area contributed by atoms with Gasteiger partial charge in [0, 0.05) is 20.0 Å². The Labute approximate surface area is 79.4 Å². The van der Waals surface area contributed by atoms with Gasteiger partial charge in [0.05, 0.1) is 18.8 Å². The SMILES string of the molecule is COC(C(C)C)C1CC(=O)CCO1. The van der Waals surface area contributed by atoms with Crippen LogP contribution in [0.4, 0.5) is 0 Å². The highest BCUT2D eigenvalue weighted by atomic mass is 16.5. The molecule has 0 bridgehead atoms. The Morgan fingerprint density at radius 3 is 2.69 bits per heavy atom. The lowest BCUT2D eigenvalue weighted by atomic mass is 9.95. The fourth-order valence-electron chi connectivity index (χ4n) is 1.77. The van der Waals surface area contributed by atoms with E-state index in [1.165, 1.54) is 0 Å². The molecule has 0 amide bonds. The van der Waals surface area contributed by atoms with E-state index in [9.17, 15) is 4.79 Å². The zero-order valence-corrected chi connectivity index (χ0v) is 8.58. The van der Waals surface area contributed by atoms with E-state index in [1.807, 2.05) is 0 Å². The third kappa shape index (κ3) is 2.78. The molecule has 76 valence electrons.